The second-order valence-electron chi connectivity index (χ2n) is 6.88. The molecule has 1 N–H and O–H groups in total. The van der Waals surface area contributed by atoms with Gasteiger partial charge in [-0.25, -0.2) is 14.6 Å². The van der Waals surface area contributed by atoms with E-state index >= 15 is 0 Å². The quantitative estimate of drug-likeness (QED) is 0.620. The predicted molar refractivity (Wildman–Crippen MR) is 108 cm³/mol. The average Bonchev–Trinajstić information content (AvgIpc) is 3.18. The van der Waals surface area contributed by atoms with Gasteiger partial charge in [0.2, 0.25) is 5.91 Å². The number of esters is 1. The summed E-state index contributed by atoms with van der Waals surface area (Å²) >= 11 is 0. The molecule has 0 bridgehead atoms. The Bertz CT molecular complexity index is 963. The molecule has 4 amide bonds. The van der Waals surface area contributed by atoms with Crippen molar-refractivity contribution in [2.75, 3.05) is 47.3 Å². The molecule has 0 aromatic heterocycles. The molecule has 1 aromatic carbocycles. The van der Waals surface area contributed by atoms with Gasteiger partial charge in [-0.2, -0.15) is 0 Å². The van der Waals surface area contributed by atoms with Gasteiger partial charge in [-0.3, -0.25) is 14.5 Å². The Morgan fingerprint density at radius 2 is 1.74 bits per heavy atom. The first-order valence-corrected chi connectivity index (χ1v) is 9.21. The van der Waals surface area contributed by atoms with Crippen LogP contribution in [0.5, 0.6) is 11.5 Å². The third-order valence-corrected chi connectivity index (χ3v) is 5.11. The van der Waals surface area contributed by atoms with Crippen LogP contribution in [0.25, 0.3) is 0 Å². The van der Waals surface area contributed by atoms with Gasteiger partial charge in [0.1, 0.15) is 0 Å². The van der Waals surface area contributed by atoms with Gasteiger partial charge in [-0.1, -0.05) is 0 Å². The number of benzene rings is 1. The Kier molecular flexibility index (Phi) is 5.99. The summed E-state index contributed by atoms with van der Waals surface area (Å²) in [7, 11) is 6.97. The molecule has 0 saturated carbocycles. The Hall–Kier alpha value is -3.83. The summed E-state index contributed by atoms with van der Waals surface area (Å²) in [5.74, 6) is -1.06. The Labute approximate surface area is 178 Å². The molecule has 1 saturated heterocycles. The average molecular weight is 433 g/mol. The molecule has 0 spiro atoms. The Morgan fingerprint density at radius 1 is 1.10 bits per heavy atom. The standard InChI is InChI=1S/C19H23N5O7/c1-22-16-15(17(26)23(2)19(22)28)24(9-20-16)8-14(25)21-11-7-13(30-4)12(29-3)6-10(11)18(27)31-5/h6-7,9,15-16H,8H2,1-5H3,(H,21,25). The second-order valence-corrected chi connectivity index (χ2v) is 6.88. The summed E-state index contributed by atoms with van der Waals surface area (Å²) in [4.78, 5) is 57.6. The number of carbonyl (C=O) groups is 4. The lowest BCUT2D eigenvalue weighted by atomic mass is 10.1. The molecule has 2 heterocycles. The number of anilines is 1. The first-order chi connectivity index (χ1) is 14.7. The zero-order valence-corrected chi connectivity index (χ0v) is 17.7. The van der Waals surface area contributed by atoms with Crippen molar-refractivity contribution in [1.82, 2.24) is 14.7 Å². The van der Waals surface area contributed by atoms with E-state index in [9.17, 15) is 19.2 Å². The molecule has 31 heavy (non-hydrogen) atoms. The highest BCUT2D eigenvalue weighted by atomic mass is 16.5. The number of ether oxygens (including phenoxy) is 3. The number of rotatable bonds is 6. The molecule has 1 fully saturated rings. The van der Waals surface area contributed by atoms with E-state index in [-0.39, 0.29) is 17.8 Å². The van der Waals surface area contributed by atoms with E-state index in [0.717, 1.165) is 4.90 Å². The number of fused-ring (bicyclic) bond motifs is 1. The fourth-order valence-corrected chi connectivity index (χ4v) is 3.46. The monoisotopic (exact) mass is 433 g/mol. The van der Waals surface area contributed by atoms with Crippen LogP contribution in [0.15, 0.2) is 17.1 Å². The summed E-state index contributed by atoms with van der Waals surface area (Å²) in [5, 5.41) is 2.64. The van der Waals surface area contributed by atoms with Crippen molar-refractivity contribution in [3.8, 4) is 11.5 Å². The van der Waals surface area contributed by atoms with E-state index in [1.54, 1.807) is 0 Å². The number of nitrogens with zero attached hydrogens (tertiary/aromatic N) is 4. The predicted octanol–water partition coefficient (Wildman–Crippen LogP) is -0.00870. The zero-order chi connectivity index (χ0) is 22.9. The molecular weight excluding hydrogens is 410 g/mol. The molecule has 2 atom stereocenters. The highest BCUT2D eigenvalue weighted by Crippen LogP contribution is 2.34. The molecule has 12 nitrogen and oxygen atoms in total. The highest BCUT2D eigenvalue weighted by molar-refractivity contribution is 6.05. The van der Waals surface area contributed by atoms with Crippen LogP contribution in [0.2, 0.25) is 0 Å². The maximum Gasteiger partial charge on any atom is 0.340 e. The van der Waals surface area contributed by atoms with Gasteiger partial charge in [0.15, 0.2) is 23.7 Å². The van der Waals surface area contributed by atoms with Crippen molar-refractivity contribution in [3.63, 3.8) is 0 Å². The molecule has 2 unspecified atom stereocenters. The van der Waals surface area contributed by atoms with Crippen molar-refractivity contribution >= 4 is 35.8 Å². The molecule has 2 aliphatic rings. The molecule has 3 rings (SSSR count). The summed E-state index contributed by atoms with van der Waals surface area (Å²) in [6.45, 7) is -0.235. The molecule has 12 heteroatoms. The van der Waals surface area contributed by atoms with E-state index < -0.39 is 36.0 Å². The van der Waals surface area contributed by atoms with E-state index in [1.807, 2.05) is 0 Å². The van der Waals surface area contributed by atoms with Gasteiger partial charge < -0.3 is 29.3 Å². The number of hydrogen-bond donors (Lipinski definition) is 1. The van der Waals surface area contributed by atoms with E-state index in [2.05, 4.69) is 10.3 Å². The molecule has 0 radical (unpaired) electrons. The summed E-state index contributed by atoms with van der Waals surface area (Å²) in [5.41, 5.74) is 0.224. The van der Waals surface area contributed by atoms with Crippen molar-refractivity contribution < 1.29 is 33.4 Å². The van der Waals surface area contributed by atoms with Crippen molar-refractivity contribution in [2.45, 2.75) is 12.2 Å². The largest absolute Gasteiger partial charge is 0.493 e. The first kappa shape index (κ1) is 21.9. The lowest BCUT2D eigenvalue weighted by Gasteiger charge is -2.39. The zero-order valence-electron chi connectivity index (χ0n) is 17.7. The summed E-state index contributed by atoms with van der Waals surface area (Å²) < 4.78 is 15.2. The third kappa shape index (κ3) is 3.83. The van der Waals surface area contributed by atoms with Gasteiger partial charge in [0.25, 0.3) is 5.91 Å². The third-order valence-electron chi connectivity index (χ3n) is 5.11. The number of likely N-dealkylation sites (N-methyl/N-ethyl adjacent to an activating group) is 2. The SMILES string of the molecule is COC(=O)c1cc(OC)c(OC)cc1NC(=O)CN1C=NC2C1C(=O)N(C)C(=O)N2C. The second kappa shape index (κ2) is 8.50. The minimum Gasteiger partial charge on any atom is -0.493 e. The number of aliphatic imine (C=N–C) groups is 1. The van der Waals surface area contributed by atoms with Crippen LogP contribution in [0.3, 0.4) is 0 Å². The summed E-state index contributed by atoms with van der Waals surface area (Å²) in [6, 6.07) is 1.55. The summed E-state index contributed by atoms with van der Waals surface area (Å²) in [6.07, 6.45) is 0.654. The van der Waals surface area contributed by atoms with Crippen LogP contribution in [0, 0.1) is 0 Å². The topological polar surface area (TPSA) is 130 Å². The van der Waals surface area contributed by atoms with Crippen LogP contribution in [0.1, 0.15) is 10.4 Å². The van der Waals surface area contributed by atoms with Crippen LogP contribution in [0.4, 0.5) is 10.5 Å². The molecule has 0 aliphatic carbocycles. The number of amides is 4. The van der Waals surface area contributed by atoms with Crippen LogP contribution < -0.4 is 14.8 Å². The normalized spacial score (nSPS) is 20.0. The molecular formula is C19H23N5O7. The van der Waals surface area contributed by atoms with Gasteiger partial charge >= 0.3 is 12.0 Å². The number of nitrogens with one attached hydrogen (secondary N) is 1. The Balaban J connectivity index is 1.81. The minimum absolute atomic E-state index is 0.0697. The van der Waals surface area contributed by atoms with Crippen molar-refractivity contribution in [3.05, 3.63) is 17.7 Å². The van der Waals surface area contributed by atoms with E-state index in [4.69, 9.17) is 14.2 Å². The smallest absolute Gasteiger partial charge is 0.340 e. The highest BCUT2D eigenvalue weighted by Gasteiger charge is 2.48. The lowest BCUT2D eigenvalue weighted by Crippen LogP contribution is -2.64. The van der Waals surface area contributed by atoms with Crippen LogP contribution in [-0.2, 0) is 14.3 Å². The number of imide groups is 1. The number of urea groups is 1. The minimum atomic E-state index is -0.816. The van der Waals surface area contributed by atoms with Gasteiger partial charge in [0.05, 0.1) is 45.5 Å². The van der Waals surface area contributed by atoms with E-state index in [1.165, 1.54) is 63.7 Å². The Morgan fingerprint density at radius 3 is 2.35 bits per heavy atom. The van der Waals surface area contributed by atoms with Gasteiger partial charge in [-0.05, 0) is 0 Å². The van der Waals surface area contributed by atoms with Crippen molar-refractivity contribution in [1.29, 1.82) is 0 Å². The number of carbonyl (C=O) groups excluding carboxylic acids is 4. The lowest BCUT2D eigenvalue weighted by molar-refractivity contribution is -0.136. The number of methoxy groups -OCH3 is 3. The fourth-order valence-electron chi connectivity index (χ4n) is 3.46. The maximum atomic E-state index is 12.8. The number of hydrogen-bond acceptors (Lipinski definition) is 9. The van der Waals surface area contributed by atoms with Gasteiger partial charge in [0, 0.05) is 26.2 Å². The first-order valence-electron chi connectivity index (χ1n) is 9.21. The van der Waals surface area contributed by atoms with Crippen LogP contribution in [-0.4, -0.2) is 99.0 Å². The van der Waals surface area contributed by atoms with Crippen LogP contribution >= 0.6 is 0 Å². The molecule has 166 valence electrons. The molecule has 1 aromatic rings. The fraction of sp³-hybridized carbons (Fsp3) is 0.421. The van der Waals surface area contributed by atoms with E-state index in [0.29, 0.717) is 11.5 Å². The molecule has 2 aliphatic heterocycles. The maximum absolute atomic E-state index is 12.8. The van der Waals surface area contributed by atoms with Gasteiger partial charge in [-0.15, -0.1) is 0 Å². The van der Waals surface area contributed by atoms with Crippen molar-refractivity contribution in [2.24, 2.45) is 4.99 Å².